The summed E-state index contributed by atoms with van der Waals surface area (Å²) in [6.07, 6.45) is 1.72. The summed E-state index contributed by atoms with van der Waals surface area (Å²) in [6, 6.07) is 13.1. The maximum absolute atomic E-state index is 12.5. The lowest BCUT2D eigenvalue weighted by Gasteiger charge is -2.18. The van der Waals surface area contributed by atoms with Gasteiger partial charge < -0.3 is 5.11 Å². The van der Waals surface area contributed by atoms with Gasteiger partial charge >= 0.3 is 5.97 Å². The van der Waals surface area contributed by atoms with Crippen molar-refractivity contribution in [2.24, 2.45) is 0 Å². The first kappa shape index (κ1) is 22.1. The predicted molar refractivity (Wildman–Crippen MR) is 123 cm³/mol. The third kappa shape index (κ3) is 5.49. The average Bonchev–Trinajstić information content (AvgIpc) is 3.14. The fraction of sp³-hybridized carbons (Fsp3) is 0.261. The molecule has 0 spiro atoms. The molecular weight excluding hydrogens is 416 g/mol. The molecule has 7 heteroatoms. The van der Waals surface area contributed by atoms with E-state index in [4.69, 9.17) is 0 Å². The summed E-state index contributed by atoms with van der Waals surface area (Å²) in [5.41, 5.74) is 3.81. The molecule has 0 saturated heterocycles. The number of nitrogens with zero attached hydrogens (tertiary/aromatic N) is 1. The van der Waals surface area contributed by atoms with Gasteiger partial charge in [-0.1, -0.05) is 56.4 Å². The Bertz CT molecular complexity index is 1070. The second kappa shape index (κ2) is 9.02. The van der Waals surface area contributed by atoms with Gasteiger partial charge in [0.25, 0.3) is 5.91 Å². The van der Waals surface area contributed by atoms with E-state index in [2.05, 4.69) is 31.1 Å². The first-order chi connectivity index (χ1) is 14.1. The van der Waals surface area contributed by atoms with Crippen LogP contribution in [0.25, 0.3) is 0 Å². The largest absolute Gasteiger partial charge is 0.478 e. The number of hydrogen-bond acceptors (Lipinski definition) is 5. The zero-order valence-corrected chi connectivity index (χ0v) is 19.0. The lowest BCUT2D eigenvalue weighted by molar-refractivity contribution is 0.0695. The van der Waals surface area contributed by atoms with Crippen LogP contribution in [0.5, 0.6) is 0 Å². The average molecular weight is 441 g/mol. The number of carboxylic acid groups (broad SMARTS) is 1. The molecule has 3 rings (SSSR count). The Labute approximate surface area is 184 Å². The number of carboxylic acids is 1. The monoisotopic (exact) mass is 440 g/mol. The topological polar surface area (TPSA) is 79.3 Å². The second-order valence-electron chi connectivity index (χ2n) is 8.01. The molecule has 0 bridgehead atoms. The van der Waals surface area contributed by atoms with E-state index in [1.54, 1.807) is 30.9 Å². The first-order valence-corrected chi connectivity index (χ1v) is 11.3. The molecular formula is C23H24N2O3S2. The minimum atomic E-state index is -0.919. The van der Waals surface area contributed by atoms with E-state index in [0.717, 1.165) is 15.3 Å². The lowest BCUT2D eigenvalue weighted by atomic mass is 9.87. The fourth-order valence-electron chi connectivity index (χ4n) is 2.82. The minimum absolute atomic E-state index is 0.0408. The maximum Gasteiger partial charge on any atom is 0.335 e. The molecule has 3 aromatic rings. The van der Waals surface area contributed by atoms with Gasteiger partial charge in [-0.05, 0) is 47.2 Å². The number of aromatic carboxylic acids is 1. The molecule has 0 aliphatic rings. The van der Waals surface area contributed by atoms with Gasteiger partial charge in [-0.25, -0.2) is 9.78 Å². The zero-order valence-electron chi connectivity index (χ0n) is 17.4. The van der Waals surface area contributed by atoms with E-state index in [1.165, 1.54) is 16.9 Å². The first-order valence-electron chi connectivity index (χ1n) is 9.47. The number of carbonyl (C=O) groups is 2. The minimum Gasteiger partial charge on any atom is -0.478 e. The molecule has 1 heterocycles. The molecule has 0 aliphatic carbocycles. The van der Waals surface area contributed by atoms with Crippen molar-refractivity contribution in [3.63, 3.8) is 0 Å². The molecule has 30 heavy (non-hydrogen) atoms. The smallest absolute Gasteiger partial charge is 0.335 e. The number of amides is 1. The van der Waals surface area contributed by atoms with Crippen LogP contribution in [0.4, 0.5) is 5.13 Å². The highest BCUT2D eigenvalue weighted by molar-refractivity contribution is 8.00. The molecule has 5 nitrogen and oxygen atoms in total. The van der Waals surface area contributed by atoms with Crippen LogP contribution in [0, 0.1) is 6.92 Å². The van der Waals surface area contributed by atoms with Crippen molar-refractivity contribution >= 4 is 40.1 Å². The number of benzene rings is 2. The van der Waals surface area contributed by atoms with Crippen LogP contribution in [0.3, 0.4) is 0 Å². The highest BCUT2D eigenvalue weighted by atomic mass is 32.2. The summed E-state index contributed by atoms with van der Waals surface area (Å²) in [4.78, 5) is 28.1. The Morgan fingerprint density at radius 3 is 2.47 bits per heavy atom. The SMILES string of the molecule is Cc1ccc(CSc2cnc(NC(=O)c3ccc(C(C)(C)C)cc3)s2)cc1C(=O)O. The van der Waals surface area contributed by atoms with Crippen LogP contribution in [0.15, 0.2) is 52.9 Å². The third-order valence-corrected chi connectivity index (χ3v) is 6.81. The van der Waals surface area contributed by atoms with Gasteiger partial charge in [-0.3, -0.25) is 10.1 Å². The molecule has 1 aromatic heterocycles. The molecule has 156 valence electrons. The van der Waals surface area contributed by atoms with Gasteiger partial charge in [-0.15, -0.1) is 11.8 Å². The molecule has 2 aromatic carbocycles. The molecule has 0 aliphatic heterocycles. The van der Waals surface area contributed by atoms with Crippen molar-refractivity contribution in [2.45, 2.75) is 43.1 Å². The Morgan fingerprint density at radius 2 is 1.83 bits per heavy atom. The summed E-state index contributed by atoms with van der Waals surface area (Å²) in [7, 11) is 0. The summed E-state index contributed by atoms with van der Waals surface area (Å²) in [5, 5.41) is 12.6. The molecule has 0 unspecified atom stereocenters. The van der Waals surface area contributed by atoms with Crippen LogP contribution >= 0.6 is 23.1 Å². The Kier molecular flexibility index (Phi) is 6.63. The summed E-state index contributed by atoms with van der Waals surface area (Å²) < 4.78 is 0.950. The number of nitrogens with one attached hydrogen (secondary N) is 1. The van der Waals surface area contributed by atoms with Crippen molar-refractivity contribution < 1.29 is 14.7 Å². The van der Waals surface area contributed by atoms with Gasteiger partial charge in [-0.2, -0.15) is 0 Å². The van der Waals surface area contributed by atoms with E-state index in [0.29, 0.717) is 22.0 Å². The van der Waals surface area contributed by atoms with E-state index in [-0.39, 0.29) is 11.3 Å². The van der Waals surface area contributed by atoms with Crippen molar-refractivity contribution in [1.82, 2.24) is 4.98 Å². The van der Waals surface area contributed by atoms with Gasteiger partial charge in [0.15, 0.2) is 5.13 Å². The van der Waals surface area contributed by atoms with Crippen LogP contribution in [-0.2, 0) is 11.2 Å². The van der Waals surface area contributed by atoms with Crippen molar-refractivity contribution in [3.05, 3.63) is 76.5 Å². The van der Waals surface area contributed by atoms with Crippen LogP contribution < -0.4 is 5.32 Å². The van der Waals surface area contributed by atoms with Gasteiger partial charge in [0, 0.05) is 11.3 Å². The van der Waals surface area contributed by atoms with Gasteiger partial charge in [0.05, 0.1) is 16.0 Å². The summed E-state index contributed by atoms with van der Waals surface area (Å²) in [6.45, 7) is 8.19. The van der Waals surface area contributed by atoms with Crippen LogP contribution in [0.1, 0.15) is 58.2 Å². The maximum atomic E-state index is 12.5. The number of thioether (sulfide) groups is 1. The third-order valence-electron chi connectivity index (χ3n) is 4.63. The van der Waals surface area contributed by atoms with E-state index < -0.39 is 5.97 Å². The van der Waals surface area contributed by atoms with E-state index in [1.807, 2.05) is 36.4 Å². The molecule has 1 amide bonds. The molecule has 0 fully saturated rings. The Balaban J connectivity index is 1.60. The normalized spacial score (nSPS) is 11.3. The number of anilines is 1. The standard InChI is InChI=1S/C23H24N2O3S2/c1-14-5-6-15(11-18(14)21(27)28)13-29-19-12-24-22(30-19)25-20(26)16-7-9-17(10-8-16)23(2,3)4/h5-12H,13H2,1-4H3,(H,27,28)(H,24,25,26). The number of aromatic nitrogens is 1. The number of carbonyl (C=O) groups excluding carboxylic acids is 1. The molecule has 0 atom stereocenters. The number of hydrogen-bond donors (Lipinski definition) is 2. The predicted octanol–water partition coefficient (Wildman–Crippen LogP) is 5.99. The van der Waals surface area contributed by atoms with E-state index >= 15 is 0 Å². The quantitative estimate of drug-likeness (QED) is 0.460. The van der Waals surface area contributed by atoms with Crippen molar-refractivity contribution in [3.8, 4) is 0 Å². The fourth-order valence-corrected chi connectivity index (χ4v) is 4.63. The number of rotatable bonds is 6. The van der Waals surface area contributed by atoms with Crippen molar-refractivity contribution in [2.75, 3.05) is 5.32 Å². The highest BCUT2D eigenvalue weighted by Gasteiger charge is 2.15. The van der Waals surface area contributed by atoms with Crippen LogP contribution in [-0.4, -0.2) is 22.0 Å². The highest BCUT2D eigenvalue weighted by Crippen LogP contribution is 2.31. The molecule has 0 radical (unpaired) electrons. The molecule has 2 N–H and O–H groups in total. The van der Waals surface area contributed by atoms with Crippen LogP contribution in [0.2, 0.25) is 0 Å². The lowest BCUT2D eigenvalue weighted by Crippen LogP contribution is -2.14. The Morgan fingerprint density at radius 1 is 1.13 bits per heavy atom. The molecule has 0 saturated carbocycles. The summed E-state index contributed by atoms with van der Waals surface area (Å²) in [5.74, 6) is -0.478. The van der Waals surface area contributed by atoms with E-state index in [9.17, 15) is 14.7 Å². The Hall–Kier alpha value is -2.64. The summed E-state index contributed by atoms with van der Waals surface area (Å²) >= 11 is 2.96. The second-order valence-corrected chi connectivity index (χ2v) is 10.3. The van der Waals surface area contributed by atoms with Gasteiger partial charge in [0.1, 0.15) is 0 Å². The van der Waals surface area contributed by atoms with Gasteiger partial charge in [0.2, 0.25) is 0 Å². The zero-order chi connectivity index (χ0) is 21.9. The number of thiazole rings is 1. The number of aryl methyl sites for hydroxylation is 1. The van der Waals surface area contributed by atoms with Crippen molar-refractivity contribution in [1.29, 1.82) is 0 Å².